The number of benzene rings is 1. The van der Waals surface area contributed by atoms with Gasteiger partial charge in [0.15, 0.2) is 11.4 Å². The highest BCUT2D eigenvalue weighted by Crippen LogP contribution is 2.43. The Morgan fingerprint density at radius 3 is 2.54 bits per heavy atom. The van der Waals surface area contributed by atoms with E-state index in [-0.39, 0.29) is 12.2 Å². The van der Waals surface area contributed by atoms with Gasteiger partial charge in [-0.1, -0.05) is 12.1 Å². The molecule has 35 heavy (non-hydrogen) atoms. The Kier molecular flexibility index (Phi) is 5.72. The van der Waals surface area contributed by atoms with Crippen LogP contribution in [-0.2, 0) is 16.0 Å². The SMILES string of the molecule is CC1(C)C(=O)C(Br)=C1N[C@@H](Cc1ccc(-n2c(-c3cccnc3)nc3cccnc32)cc1)C(=O)O. The fraction of sp³-hybridized carbons (Fsp3) is 0.192. The smallest absolute Gasteiger partial charge is 0.326 e. The fourth-order valence-electron chi connectivity index (χ4n) is 4.19. The van der Waals surface area contributed by atoms with E-state index in [9.17, 15) is 14.7 Å². The molecule has 0 fully saturated rings. The van der Waals surface area contributed by atoms with Crippen LogP contribution < -0.4 is 5.32 Å². The van der Waals surface area contributed by atoms with E-state index in [2.05, 4.69) is 31.2 Å². The Morgan fingerprint density at radius 2 is 1.89 bits per heavy atom. The minimum Gasteiger partial charge on any atom is -0.480 e. The number of nitrogens with one attached hydrogen (secondary N) is 1. The summed E-state index contributed by atoms with van der Waals surface area (Å²) in [6, 6.07) is 14.3. The number of aromatic nitrogens is 4. The van der Waals surface area contributed by atoms with E-state index in [4.69, 9.17) is 4.98 Å². The van der Waals surface area contributed by atoms with Crippen LogP contribution >= 0.6 is 15.9 Å². The van der Waals surface area contributed by atoms with Crippen molar-refractivity contribution in [1.29, 1.82) is 0 Å². The number of carbonyl (C=O) groups excluding carboxylic acids is 1. The van der Waals surface area contributed by atoms with Gasteiger partial charge in [0.25, 0.3) is 0 Å². The van der Waals surface area contributed by atoms with Gasteiger partial charge in [-0.05, 0) is 71.7 Å². The summed E-state index contributed by atoms with van der Waals surface area (Å²) in [7, 11) is 0. The molecule has 3 heterocycles. The zero-order valence-electron chi connectivity index (χ0n) is 19.1. The van der Waals surface area contributed by atoms with Crippen molar-refractivity contribution >= 4 is 38.8 Å². The van der Waals surface area contributed by atoms with E-state index < -0.39 is 17.4 Å². The van der Waals surface area contributed by atoms with Crippen LogP contribution in [0.25, 0.3) is 28.2 Å². The number of halogens is 1. The second-order valence-corrected chi connectivity index (χ2v) is 9.70. The topological polar surface area (TPSA) is 110 Å². The van der Waals surface area contributed by atoms with Crippen LogP contribution in [0.15, 0.2) is 77.3 Å². The van der Waals surface area contributed by atoms with Crippen molar-refractivity contribution in [3.8, 4) is 17.1 Å². The van der Waals surface area contributed by atoms with Gasteiger partial charge < -0.3 is 10.4 Å². The summed E-state index contributed by atoms with van der Waals surface area (Å²) < 4.78 is 2.37. The number of nitrogens with zero attached hydrogens (tertiary/aromatic N) is 4. The number of Topliss-reactive ketones (excluding diaryl/α,β-unsaturated/α-hetero) is 1. The molecule has 8 nitrogen and oxygen atoms in total. The van der Waals surface area contributed by atoms with Crippen molar-refractivity contribution < 1.29 is 14.7 Å². The average molecular weight is 532 g/mol. The predicted octanol–water partition coefficient (Wildman–Crippen LogP) is 4.28. The van der Waals surface area contributed by atoms with E-state index in [0.29, 0.717) is 10.2 Å². The zero-order chi connectivity index (χ0) is 24.7. The number of carbonyl (C=O) groups is 2. The number of carboxylic acids is 1. The summed E-state index contributed by atoms with van der Waals surface area (Å²) in [5.41, 5.74) is 3.93. The Labute approximate surface area is 209 Å². The van der Waals surface area contributed by atoms with Crippen LogP contribution in [0.2, 0.25) is 0 Å². The number of hydrogen-bond acceptors (Lipinski definition) is 6. The molecule has 0 bridgehead atoms. The van der Waals surface area contributed by atoms with E-state index in [1.54, 1.807) is 32.4 Å². The Morgan fingerprint density at radius 1 is 1.14 bits per heavy atom. The third kappa shape index (κ3) is 4.01. The van der Waals surface area contributed by atoms with Gasteiger partial charge in [0.2, 0.25) is 0 Å². The molecule has 1 aliphatic carbocycles. The molecule has 2 N–H and O–H groups in total. The van der Waals surface area contributed by atoms with Crippen molar-refractivity contribution in [3.05, 3.63) is 82.9 Å². The van der Waals surface area contributed by atoms with E-state index in [1.165, 1.54) is 0 Å². The zero-order valence-corrected chi connectivity index (χ0v) is 20.7. The van der Waals surface area contributed by atoms with Gasteiger partial charge in [-0.3, -0.25) is 14.3 Å². The summed E-state index contributed by atoms with van der Waals surface area (Å²) in [5.74, 6) is -0.307. The summed E-state index contributed by atoms with van der Waals surface area (Å²) in [4.78, 5) is 37.5. The number of pyridine rings is 2. The summed E-state index contributed by atoms with van der Waals surface area (Å²) in [6.07, 6.45) is 5.45. The van der Waals surface area contributed by atoms with Crippen LogP contribution in [0, 0.1) is 5.41 Å². The number of carboxylic acid groups (broad SMARTS) is 1. The number of aliphatic carboxylic acids is 1. The molecule has 1 aliphatic rings. The first-order valence-electron chi connectivity index (χ1n) is 11.0. The average Bonchev–Trinajstić information content (AvgIpc) is 3.26. The molecule has 176 valence electrons. The summed E-state index contributed by atoms with van der Waals surface area (Å²) >= 11 is 3.26. The first-order valence-corrected chi connectivity index (χ1v) is 11.8. The Balaban J connectivity index is 1.46. The van der Waals surface area contributed by atoms with Crippen LogP contribution in [0.4, 0.5) is 0 Å². The molecule has 0 unspecified atom stereocenters. The summed E-state index contributed by atoms with van der Waals surface area (Å²) in [5, 5.41) is 12.8. The number of hydrogen-bond donors (Lipinski definition) is 2. The van der Waals surface area contributed by atoms with Gasteiger partial charge in [-0.25, -0.2) is 14.8 Å². The molecule has 0 amide bonds. The quantitative estimate of drug-likeness (QED) is 0.366. The van der Waals surface area contributed by atoms with Gasteiger partial charge in [-0.15, -0.1) is 0 Å². The molecule has 0 saturated heterocycles. The Hall–Kier alpha value is -3.85. The molecule has 0 saturated carbocycles. The minimum atomic E-state index is -0.985. The van der Waals surface area contributed by atoms with Crippen LogP contribution in [0.5, 0.6) is 0 Å². The van der Waals surface area contributed by atoms with Crippen molar-refractivity contribution in [2.45, 2.75) is 26.3 Å². The second kappa shape index (κ2) is 8.74. The van der Waals surface area contributed by atoms with Gasteiger partial charge in [0, 0.05) is 42.0 Å². The largest absolute Gasteiger partial charge is 0.480 e. The lowest BCUT2D eigenvalue weighted by Crippen LogP contribution is -2.50. The number of allylic oxidation sites excluding steroid dienone is 2. The third-order valence-corrected chi connectivity index (χ3v) is 6.95. The highest BCUT2D eigenvalue weighted by Gasteiger charge is 2.46. The van der Waals surface area contributed by atoms with Crippen molar-refractivity contribution in [2.75, 3.05) is 0 Å². The molecule has 0 radical (unpaired) electrons. The first-order chi connectivity index (χ1) is 16.8. The van der Waals surface area contributed by atoms with Gasteiger partial charge in [-0.2, -0.15) is 0 Å². The van der Waals surface area contributed by atoms with Crippen LogP contribution in [0.1, 0.15) is 19.4 Å². The molecule has 0 spiro atoms. The van der Waals surface area contributed by atoms with Crippen molar-refractivity contribution in [1.82, 2.24) is 24.8 Å². The molecule has 5 rings (SSSR count). The Bertz CT molecular complexity index is 1480. The van der Waals surface area contributed by atoms with Gasteiger partial charge in [0.1, 0.15) is 17.4 Å². The molecule has 3 aromatic heterocycles. The maximum absolute atomic E-state index is 12.1. The van der Waals surface area contributed by atoms with Gasteiger partial charge >= 0.3 is 5.97 Å². The van der Waals surface area contributed by atoms with Crippen LogP contribution in [0.3, 0.4) is 0 Å². The van der Waals surface area contributed by atoms with Gasteiger partial charge in [0.05, 0.1) is 9.90 Å². The molecule has 1 aromatic carbocycles. The second-order valence-electron chi connectivity index (χ2n) is 8.91. The minimum absolute atomic E-state index is 0.0425. The number of rotatable bonds is 7. The van der Waals surface area contributed by atoms with E-state index in [1.807, 2.05) is 53.1 Å². The number of imidazole rings is 1. The molecular formula is C26H22BrN5O3. The predicted molar refractivity (Wildman–Crippen MR) is 135 cm³/mol. The molecule has 4 aromatic rings. The van der Waals surface area contributed by atoms with E-state index in [0.717, 1.165) is 33.8 Å². The standard InChI is InChI=1S/C26H22BrN5O3/c1-26(2)21(20(27)22(26)33)30-19(25(34)35)13-15-7-9-17(10-8-15)32-23(16-5-3-11-28-14-16)31-18-6-4-12-29-24(18)32/h3-12,14,19,30H,13H2,1-2H3,(H,34,35)/t19-/m0/s1. The van der Waals surface area contributed by atoms with E-state index >= 15 is 0 Å². The lowest BCUT2D eigenvalue weighted by Gasteiger charge is -2.38. The normalized spacial score (nSPS) is 15.7. The maximum atomic E-state index is 12.1. The number of fused-ring (bicyclic) bond motifs is 1. The van der Waals surface area contributed by atoms with Crippen molar-refractivity contribution in [3.63, 3.8) is 0 Å². The molecular weight excluding hydrogens is 510 g/mol. The molecule has 1 atom stereocenters. The van der Waals surface area contributed by atoms with Crippen molar-refractivity contribution in [2.24, 2.45) is 5.41 Å². The molecule has 0 aliphatic heterocycles. The lowest BCUT2D eigenvalue weighted by molar-refractivity contribution is -0.139. The molecule has 9 heteroatoms. The monoisotopic (exact) mass is 531 g/mol. The lowest BCUT2D eigenvalue weighted by atomic mass is 9.74. The summed E-state index contributed by atoms with van der Waals surface area (Å²) in [6.45, 7) is 3.55. The van der Waals surface area contributed by atoms with Crippen LogP contribution in [-0.4, -0.2) is 42.4 Å². The third-order valence-electron chi connectivity index (χ3n) is 6.20. The highest BCUT2D eigenvalue weighted by molar-refractivity contribution is 9.12. The highest BCUT2D eigenvalue weighted by atomic mass is 79.9. The maximum Gasteiger partial charge on any atom is 0.326 e. The first kappa shape index (κ1) is 22.9. The fourth-order valence-corrected chi connectivity index (χ4v) is 5.30. The number of ketones is 1.